The lowest BCUT2D eigenvalue weighted by molar-refractivity contribution is 0.533. The van der Waals surface area contributed by atoms with Crippen molar-refractivity contribution in [1.29, 1.82) is 0 Å². The van der Waals surface area contributed by atoms with Crippen LogP contribution < -0.4 is 5.32 Å². The summed E-state index contributed by atoms with van der Waals surface area (Å²) in [6.07, 6.45) is 3.54. The fourth-order valence-electron chi connectivity index (χ4n) is 1.88. The molecule has 3 nitrogen and oxygen atoms in total. The highest BCUT2D eigenvalue weighted by molar-refractivity contribution is 9.10. The van der Waals surface area contributed by atoms with Crippen LogP contribution in [0.15, 0.2) is 28.9 Å². The van der Waals surface area contributed by atoms with Gasteiger partial charge in [0.05, 0.1) is 11.1 Å². The summed E-state index contributed by atoms with van der Waals surface area (Å²) in [5, 5.41) is 7.32. The smallest absolute Gasteiger partial charge is 0.124 e. The molecule has 0 saturated heterocycles. The summed E-state index contributed by atoms with van der Waals surface area (Å²) in [5.74, 6) is -0.221. The molecule has 0 aliphatic carbocycles. The zero-order valence-electron chi connectivity index (χ0n) is 10.6. The van der Waals surface area contributed by atoms with Crippen LogP contribution in [-0.4, -0.2) is 16.1 Å². The van der Waals surface area contributed by atoms with E-state index in [-0.39, 0.29) is 11.9 Å². The SMILES string of the molecule is CCCNC(Cc1cc(F)cc(Br)c1)c1cnns1. The lowest BCUT2D eigenvalue weighted by Gasteiger charge is -2.16. The highest BCUT2D eigenvalue weighted by atomic mass is 79.9. The lowest BCUT2D eigenvalue weighted by atomic mass is 10.0. The number of rotatable bonds is 6. The summed E-state index contributed by atoms with van der Waals surface area (Å²) in [5.41, 5.74) is 0.953. The van der Waals surface area contributed by atoms with Crippen LogP contribution in [0.3, 0.4) is 0 Å². The predicted octanol–water partition coefficient (Wildman–Crippen LogP) is 3.72. The second-order valence-corrected chi connectivity index (χ2v) is 6.04. The van der Waals surface area contributed by atoms with E-state index in [1.54, 1.807) is 12.3 Å². The zero-order chi connectivity index (χ0) is 13.7. The van der Waals surface area contributed by atoms with E-state index >= 15 is 0 Å². The Morgan fingerprint density at radius 2 is 2.26 bits per heavy atom. The third-order valence-electron chi connectivity index (χ3n) is 2.72. The molecule has 1 atom stereocenters. The van der Waals surface area contributed by atoms with Crippen molar-refractivity contribution in [3.8, 4) is 0 Å². The van der Waals surface area contributed by atoms with Crippen LogP contribution in [0.25, 0.3) is 0 Å². The quantitative estimate of drug-likeness (QED) is 0.868. The standard InChI is InChI=1S/C13H15BrFN3S/c1-2-3-16-12(13-8-17-18-19-13)6-9-4-10(14)7-11(15)5-9/h4-5,7-8,12,16H,2-3,6H2,1H3. The molecule has 0 amide bonds. The Labute approximate surface area is 124 Å². The van der Waals surface area contributed by atoms with Gasteiger partial charge in [-0.3, -0.25) is 0 Å². The van der Waals surface area contributed by atoms with Crippen molar-refractivity contribution < 1.29 is 4.39 Å². The molecule has 0 aliphatic heterocycles. The fraction of sp³-hybridized carbons (Fsp3) is 0.385. The minimum atomic E-state index is -0.221. The Hall–Kier alpha value is -0.850. The van der Waals surface area contributed by atoms with Gasteiger partial charge >= 0.3 is 0 Å². The van der Waals surface area contributed by atoms with Crippen molar-refractivity contribution in [3.63, 3.8) is 0 Å². The summed E-state index contributed by atoms with van der Waals surface area (Å²) in [6, 6.07) is 5.11. The maximum atomic E-state index is 13.4. The van der Waals surface area contributed by atoms with E-state index in [4.69, 9.17) is 0 Å². The van der Waals surface area contributed by atoms with Crippen LogP contribution >= 0.6 is 27.5 Å². The summed E-state index contributed by atoms with van der Waals surface area (Å²) in [6.45, 7) is 3.03. The van der Waals surface area contributed by atoms with Crippen molar-refractivity contribution in [2.75, 3.05) is 6.54 Å². The number of hydrogen-bond acceptors (Lipinski definition) is 4. The van der Waals surface area contributed by atoms with Gasteiger partial charge in [-0.2, -0.15) is 0 Å². The van der Waals surface area contributed by atoms with Crippen LogP contribution in [0.4, 0.5) is 4.39 Å². The van der Waals surface area contributed by atoms with Gasteiger partial charge in [0.1, 0.15) is 5.82 Å². The number of aromatic nitrogens is 2. The summed E-state index contributed by atoms with van der Waals surface area (Å²) < 4.78 is 18.1. The number of benzene rings is 1. The molecule has 2 aromatic rings. The van der Waals surface area contributed by atoms with E-state index < -0.39 is 0 Å². The minimum absolute atomic E-state index is 0.133. The Bertz CT molecular complexity index is 498. The third-order valence-corrected chi connectivity index (χ3v) is 3.96. The third kappa shape index (κ3) is 4.33. The van der Waals surface area contributed by atoms with Crippen molar-refractivity contribution in [2.45, 2.75) is 25.8 Å². The van der Waals surface area contributed by atoms with Gasteiger partial charge in [-0.25, -0.2) is 4.39 Å². The summed E-state index contributed by atoms with van der Waals surface area (Å²) in [7, 11) is 0. The minimum Gasteiger partial charge on any atom is -0.309 e. The number of nitrogens with one attached hydrogen (secondary N) is 1. The van der Waals surface area contributed by atoms with Crippen molar-refractivity contribution in [1.82, 2.24) is 14.9 Å². The molecule has 1 aromatic heterocycles. The average molecular weight is 344 g/mol. The first-order valence-electron chi connectivity index (χ1n) is 6.14. The van der Waals surface area contributed by atoms with Gasteiger partial charge in [0.25, 0.3) is 0 Å². The molecule has 0 fully saturated rings. The van der Waals surface area contributed by atoms with Gasteiger partial charge in [0, 0.05) is 10.5 Å². The number of halogens is 2. The normalized spacial score (nSPS) is 12.6. The average Bonchev–Trinajstić information content (AvgIpc) is 2.87. The predicted molar refractivity (Wildman–Crippen MR) is 78.7 cm³/mol. The van der Waals surface area contributed by atoms with Gasteiger partial charge < -0.3 is 5.32 Å². The molecular weight excluding hydrogens is 329 g/mol. The molecule has 2 rings (SSSR count). The highest BCUT2D eigenvalue weighted by Crippen LogP contribution is 2.23. The molecule has 102 valence electrons. The van der Waals surface area contributed by atoms with E-state index in [0.29, 0.717) is 0 Å². The molecule has 1 N–H and O–H groups in total. The van der Waals surface area contributed by atoms with Gasteiger partial charge in [0.2, 0.25) is 0 Å². The first-order chi connectivity index (χ1) is 9.19. The Morgan fingerprint density at radius 3 is 2.89 bits per heavy atom. The Morgan fingerprint density at radius 1 is 1.42 bits per heavy atom. The molecule has 1 aromatic carbocycles. The van der Waals surface area contributed by atoms with Crippen LogP contribution in [0, 0.1) is 5.82 Å². The van der Waals surface area contributed by atoms with Crippen molar-refractivity contribution >= 4 is 27.5 Å². The van der Waals surface area contributed by atoms with Crippen LogP contribution in [0.2, 0.25) is 0 Å². The fourth-order valence-corrected chi connectivity index (χ4v) is 2.97. The maximum Gasteiger partial charge on any atom is 0.124 e. The van der Waals surface area contributed by atoms with Crippen molar-refractivity contribution in [3.05, 3.63) is 45.1 Å². The van der Waals surface area contributed by atoms with E-state index in [2.05, 4.69) is 37.8 Å². The second kappa shape index (κ2) is 7.07. The van der Waals surface area contributed by atoms with E-state index in [1.807, 2.05) is 6.07 Å². The zero-order valence-corrected chi connectivity index (χ0v) is 13.0. The second-order valence-electron chi connectivity index (χ2n) is 4.31. The van der Waals surface area contributed by atoms with Gasteiger partial charge in [-0.05, 0) is 54.7 Å². The van der Waals surface area contributed by atoms with Crippen LogP contribution in [0.1, 0.15) is 29.8 Å². The molecule has 1 heterocycles. The van der Waals surface area contributed by atoms with Crippen LogP contribution in [0.5, 0.6) is 0 Å². The van der Waals surface area contributed by atoms with E-state index in [1.165, 1.54) is 17.6 Å². The molecule has 0 aliphatic rings. The first-order valence-corrected chi connectivity index (χ1v) is 7.71. The summed E-state index contributed by atoms with van der Waals surface area (Å²) >= 11 is 4.70. The van der Waals surface area contributed by atoms with E-state index in [9.17, 15) is 4.39 Å². The topological polar surface area (TPSA) is 37.8 Å². The van der Waals surface area contributed by atoms with E-state index in [0.717, 1.165) is 34.3 Å². The molecule has 0 spiro atoms. The van der Waals surface area contributed by atoms with Crippen molar-refractivity contribution in [2.24, 2.45) is 0 Å². The van der Waals surface area contributed by atoms with Crippen LogP contribution in [-0.2, 0) is 6.42 Å². The Balaban J connectivity index is 2.15. The lowest BCUT2D eigenvalue weighted by Crippen LogP contribution is -2.23. The molecule has 0 saturated carbocycles. The first kappa shape index (κ1) is 14.6. The van der Waals surface area contributed by atoms with Gasteiger partial charge in [-0.15, -0.1) is 5.10 Å². The molecule has 0 radical (unpaired) electrons. The molecule has 0 bridgehead atoms. The monoisotopic (exact) mass is 343 g/mol. The molecule has 1 unspecified atom stereocenters. The molecule has 19 heavy (non-hydrogen) atoms. The number of nitrogens with zero attached hydrogens (tertiary/aromatic N) is 2. The Kier molecular flexibility index (Phi) is 5.42. The highest BCUT2D eigenvalue weighted by Gasteiger charge is 2.14. The molecule has 6 heteroatoms. The maximum absolute atomic E-state index is 13.4. The number of hydrogen-bond donors (Lipinski definition) is 1. The summed E-state index contributed by atoms with van der Waals surface area (Å²) in [4.78, 5) is 1.08. The largest absolute Gasteiger partial charge is 0.309 e. The molecular formula is C13H15BrFN3S. The van der Waals surface area contributed by atoms with Gasteiger partial charge in [-0.1, -0.05) is 27.3 Å². The van der Waals surface area contributed by atoms with Gasteiger partial charge in [0.15, 0.2) is 0 Å².